The number of hydrogen-bond acceptors (Lipinski definition) is 0. The monoisotopic (exact) mass is 358 g/mol. The molecule has 1 aliphatic rings. The summed E-state index contributed by atoms with van der Waals surface area (Å²) < 4.78 is 1.42. The van der Waals surface area contributed by atoms with E-state index in [1.807, 2.05) is 0 Å². The van der Waals surface area contributed by atoms with Crippen LogP contribution in [0.3, 0.4) is 0 Å². The molecule has 1 aliphatic carbocycles. The lowest BCUT2D eigenvalue weighted by atomic mass is 9.87. The lowest BCUT2D eigenvalue weighted by Crippen LogP contribution is -2.01. The Balaban J connectivity index is 1.98. The Bertz CT molecular complexity index is 609. The Kier molecular flexibility index (Phi) is 3.83. The third-order valence-electron chi connectivity index (χ3n) is 3.44. The lowest BCUT2D eigenvalue weighted by molar-refractivity contribution is 0.853. The fourth-order valence-electron chi connectivity index (χ4n) is 2.49. The molecular formula is C18H15I. The van der Waals surface area contributed by atoms with E-state index in [1.54, 1.807) is 0 Å². The molecule has 0 aliphatic heterocycles. The normalized spacial score (nSPS) is 18.7. The van der Waals surface area contributed by atoms with E-state index in [0.717, 1.165) is 6.42 Å². The zero-order chi connectivity index (χ0) is 13.1. The number of allylic oxidation sites excluding steroid dienone is 4. The Morgan fingerprint density at radius 2 is 1.47 bits per heavy atom. The SMILES string of the molecule is IC1=CC(c2ccccc2)=CC(c2ccccc2)C1. The van der Waals surface area contributed by atoms with Gasteiger partial charge in [-0.05, 0) is 55.4 Å². The molecule has 3 rings (SSSR count). The second-order valence-corrected chi connectivity index (χ2v) is 6.19. The van der Waals surface area contributed by atoms with Crippen molar-refractivity contribution in [2.45, 2.75) is 12.3 Å². The first kappa shape index (κ1) is 12.7. The molecule has 0 saturated carbocycles. The summed E-state index contributed by atoms with van der Waals surface area (Å²) in [6, 6.07) is 21.4. The predicted octanol–water partition coefficient (Wildman–Crippen LogP) is 5.58. The van der Waals surface area contributed by atoms with E-state index in [1.165, 1.54) is 20.3 Å². The topological polar surface area (TPSA) is 0 Å². The van der Waals surface area contributed by atoms with Crippen LogP contribution >= 0.6 is 22.6 Å². The highest BCUT2D eigenvalue weighted by molar-refractivity contribution is 14.1. The second-order valence-electron chi connectivity index (χ2n) is 4.80. The van der Waals surface area contributed by atoms with Gasteiger partial charge in [0.2, 0.25) is 0 Å². The largest absolute Gasteiger partial charge is 0.0688 e. The van der Waals surface area contributed by atoms with Crippen molar-refractivity contribution in [2.75, 3.05) is 0 Å². The summed E-state index contributed by atoms with van der Waals surface area (Å²) >= 11 is 2.46. The molecular weight excluding hydrogens is 343 g/mol. The smallest absolute Gasteiger partial charge is 0.00720 e. The van der Waals surface area contributed by atoms with Crippen LogP contribution in [0.2, 0.25) is 0 Å². The van der Waals surface area contributed by atoms with Crippen LogP contribution in [0, 0.1) is 0 Å². The molecule has 0 amide bonds. The van der Waals surface area contributed by atoms with Crippen LogP contribution in [0.5, 0.6) is 0 Å². The van der Waals surface area contributed by atoms with Gasteiger partial charge in [-0.1, -0.05) is 66.7 Å². The average Bonchev–Trinajstić information content (AvgIpc) is 2.48. The van der Waals surface area contributed by atoms with Gasteiger partial charge in [-0.15, -0.1) is 0 Å². The molecule has 0 nitrogen and oxygen atoms in total. The van der Waals surface area contributed by atoms with Gasteiger partial charge in [-0.3, -0.25) is 0 Å². The third-order valence-corrected chi connectivity index (χ3v) is 4.19. The third kappa shape index (κ3) is 2.98. The Labute approximate surface area is 128 Å². The van der Waals surface area contributed by atoms with E-state index < -0.39 is 0 Å². The first-order chi connectivity index (χ1) is 9.33. The summed E-state index contributed by atoms with van der Waals surface area (Å²) in [5, 5.41) is 0. The summed E-state index contributed by atoms with van der Waals surface area (Å²) in [7, 11) is 0. The molecule has 0 fully saturated rings. The van der Waals surface area contributed by atoms with Gasteiger partial charge in [-0.25, -0.2) is 0 Å². The van der Waals surface area contributed by atoms with Gasteiger partial charge in [0.1, 0.15) is 0 Å². The van der Waals surface area contributed by atoms with Crippen LogP contribution in [0.15, 0.2) is 76.4 Å². The first-order valence-electron chi connectivity index (χ1n) is 6.51. The maximum absolute atomic E-state index is 2.46. The molecule has 2 aromatic rings. The van der Waals surface area contributed by atoms with E-state index >= 15 is 0 Å². The van der Waals surface area contributed by atoms with Gasteiger partial charge in [-0.2, -0.15) is 0 Å². The average molecular weight is 358 g/mol. The molecule has 2 aromatic carbocycles. The van der Waals surface area contributed by atoms with E-state index in [0.29, 0.717) is 5.92 Å². The van der Waals surface area contributed by atoms with Gasteiger partial charge in [0.15, 0.2) is 0 Å². The molecule has 0 spiro atoms. The molecule has 19 heavy (non-hydrogen) atoms. The van der Waals surface area contributed by atoms with Gasteiger partial charge in [0, 0.05) is 5.92 Å². The molecule has 0 aromatic heterocycles. The van der Waals surface area contributed by atoms with Crippen molar-refractivity contribution < 1.29 is 0 Å². The number of hydrogen-bond donors (Lipinski definition) is 0. The minimum Gasteiger partial charge on any atom is -0.0688 e. The molecule has 0 heterocycles. The lowest BCUT2D eigenvalue weighted by Gasteiger charge is -2.20. The second kappa shape index (κ2) is 5.74. The van der Waals surface area contributed by atoms with Crippen LogP contribution in [0.4, 0.5) is 0 Å². The van der Waals surface area contributed by atoms with Crippen molar-refractivity contribution in [2.24, 2.45) is 0 Å². The summed E-state index contributed by atoms with van der Waals surface area (Å²) in [6.07, 6.45) is 5.81. The quantitative estimate of drug-likeness (QED) is 0.615. The zero-order valence-electron chi connectivity index (χ0n) is 10.6. The Hall–Kier alpha value is -1.35. The van der Waals surface area contributed by atoms with Crippen LogP contribution in [-0.2, 0) is 0 Å². The van der Waals surface area contributed by atoms with E-state index in [-0.39, 0.29) is 0 Å². The Morgan fingerprint density at radius 3 is 2.16 bits per heavy atom. The van der Waals surface area contributed by atoms with Gasteiger partial charge in [0.05, 0.1) is 0 Å². The van der Waals surface area contributed by atoms with Gasteiger partial charge in [0.25, 0.3) is 0 Å². The van der Waals surface area contributed by atoms with E-state index in [2.05, 4.69) is 95.4 Å². The zero-order valence-corrected chi connectivity index (χ0v) is 12.7. The predicted molar refractivity (Wildman–Crippen MR) is 90.3 cm³/mol. The van der Waals surface area contributed by atoms with Crippen LogP contribution in [-0.4, -0.2) is 0 Å². The minimum absolute atomic E-state index is 0.494. The first-order valence-corrected chi connectivity index (χ1v) is 7.59. The number of rotatable bonds is 2. The van der Waals surface area contributed by atoms with Crippen LogP contribution in [0.1, 0.15) is 23.5 Å². The molecule has 1 atom stereocenters. The maximum Gasteiger partial charge on any atom is 0.00720 e. The number of halogens is 1. The van der Waals surface area contributed by atoms with Crippen molar-refractivity contribution in [3.63, 3.8) is 0 Å². The van der Waals surface area contributed by atoms with Crippen molar-refractivity contribution >= 4 is 28.2 Å². The van der Waals surface area contributed by atoms with Crippen molar-refractivity contribution in [3.8, 4) is 0 Å². The van der Waals surface area contributed by atoms with Crippen LogP contribution < -0.4 is 0 Å². The highest BCUT2D eigenvalue weighted by Gasteiger charge is 2.16. The molecule has 0 N–H and O–H groups in total. The minimum atomic E-state index is 0.494. The summed E-state index contributed by atoms with van der Waals surface area (Å²) in [4.78, 5) is 0. The fraction of sp³-hybridized carbons (Fsp3) is 0.111. The van der Waals surface area contributed by atoms with E-state index in [4.69, 9.17) is 0 Å². The van der Waals surface area contributed by atoms with Crippen molar-refractivity contribution in [3.05, 3.63) is 87.5 Å². The highest BCUT2D eigenvalue weighted by Crippen LogP contribution is 2.37. The highest BCUT2D eigenvalue weighted by atomic mass is 127. The summed E-state index contributed by atoms with van der Waals surface area (Å²) in [5.41, 5.74) is 4.04. The van der Waals surface area contributed by atoms with E-state index in [9.17, 15) is 0 Å². The molecule has 1 unspecified atom stereocenters. The standard InChI is InChI=1S/C18H15I/c19-18-12-16(14-7-3-1-4-8-14)11-17(13-18)15-9-5-2-6-10-15/h1-12,17H,13H2. The van der Waals surface area contributed by atoms with Crippen LogP contribution in [0.25, 0.3) is 5.57 Å². The molecule has 0 saturated heterocycles. The fourth-order valence-corrected chi connectivity index (χ4v) is 3.30. The summed E-state index contributed by atoms with van der Waals surface area (Å²) in [6.45, 7) is 0. The van der Waals surface area contributed by atoms with Crippen molar-refractivity contribution in [1.82, 2.24) is 0 Å². The molecule has 1 heteroatoms. The van der Waals surface area contributed by atoms with Gasteiger partial charge < -0.3 is 0 Å². The molecule has 94 valence electrons. The van der Waals surface area contributed by atoms with Crippen molar-refractivity contribution in [1.29, 1.82) is 0 Å². The Morgan fingerprint density at radius 1 is 0.842 bits per heavy atom. The number of benzene rings is 2. The van der Waals surface area contributed by atoms with Gasteiger partial charge >= 0.3 is 0 Å². The summed E-state index contributed by atoms with van der Waals surface area (Å²) in [5.74, 6) is 0.494. The molecule has 0 bridgehead atoms. The molecule has 0 radical (unpaired) electrons. The maximum atomic E-state index is 2.46.